The van der Waals surface area contributed by atoms with E-state index in [1.165, 1.54) is 30.3 Å². The van der Waals surface area contributed by atoms with Gasteiger partial charge in [-0.15, -0.1) is 0 Å². The molecule has 0 radical (unpaired) electrons. The normalized spacial score (nSPS) is 12.8. The Bertz CT molecular complexity index is 1560. The summed E-state index contributed by atoms with van der Waals surface area (Å²) in [5.74, 6) is -1.58. The van der Waals surface area contributed by atoms with Gasteiger partial charge in [-0.3, -0.25) is 9.59 Å². The van der Waals surface area contributed by atoms with E-state index >= 15 is 0 Å². The molecular weight excluding hydrogens is 498 g/mol. The maximum Gasteiger partial charge on any atom is 1.00 e. The topological polar surface area (TPSA) is 153 Å². The van der Waals surface area contributed by atoms with Crippen molar-refractivity contribution >= 4 is 38.7 Å². The molecule has 3 aromatic carbocycles. The van der Waals surface area contributed by atoms with E-state index < -0.39 is 66.4 Å². The number of fused-ring (bicyclic) bond motifs is 2. The van der Waals surface area contributed by atoms with E-state index in [4.69, 9.17) is 11.0 Å². The minimum atomic E-state index is -5.24. The molecule has 0 heterocycles. The number of nitrogen functional groups attached to an aromatic ring is 1. The molecular formula is C22H11F3N3NaO5S. The number of anilines is 3. The smallest absolute Gasteiger partial charge is 0.744 e. The first-order valence-electron chi connectivity index (χ1n) is 9.33. The van der Waals surface area contributed by atoms with Gasteiger partial charge in [0, 0.05) is 16.8 Å². The quantitative estimate of drug-likeness (QED) is 0.231. The van der Waals surface area contributed by atoms with Crippen LogP contribution in [0.2, 0.25) is 0 Å². The van der Waals surface area contributed by atoms with E-state index in [0.717, 1.165) is 12.1 Å². The molecule has 172 valence electrons. The molecule has 0 amide bonds. The number of benzene rings is 3. The van der Waals surface area contributed by atoms with Crippen LogP contribution in [0.5, 0.6) is 0 Å². The minimum Gasteiger partial charge on any atom is -0.744 e. The Morgan fingerprint density at radius 1 is 0.971 bits per heavy atom. The molecule has 4 rings (SSSR count). The van der Waals surface area contributed by atoms with Gasteiger partial charge in [0.2, 0.25) is 0 Å². The van der Waals surface area contributed by atoms with Crippen molar-refractivity contribution in [3.8, 4) is 6.07 Å². The number of halogens is 3. The molecule has 0 fully saturated rings. The third-order valence-electron chi connectivity index (χ3n) is 5.19. The molecule has 3 N–H and O–H groups in total. The van der Waals surface area contributed by atoms with E-state index in [1.54, 1.807) is 0 Å². The monoisotopic (exact) mass is 509 g/mol. The van der Waals surface area contributed by atoms with Crippen LogP contribution in [0, 0.1) is 11.3 Å². The fourth-order valence-corrected chi connectivity index (χ4v) is 4.34. The third kappa shape index (κ3) is 4.56. The van der Waals surface area contributed by atoms with Crippen molar-refractivity contribution in [2.75, 3.05) is 11.1 Å². The van der Waals surface area contributed by atoms with Gasteiger partial charge in [0.25, 0.3) is 0 Å². The Kier molecular flexibility index (Phi) is 6.86. The van der Waals surface area contributed by atoms with Crippen molar-refractivity contribution in [3.05, 3.63) is 81.9 Å². The average Bonchev–Trinajstić information content (AvgIpc) is 2.77. The van der Waals surface area contributed by atoms with Crippen LogP contribution in [0.4, 0.5) is 30.2 Å². The minimum absolute atomic E-state index is 0. The summed E-state index contributed by atoms with van der Waals surface area (Å²) in [6, 6.07) is 10.3. The van der Waals surface area contributed by atoms with Crippen LogP contribution < -0.4 is 40.6 Å². The number of nitriles is 1. The molecule has 8 nitrogen and oxygen atoms in total. The summed E-state index contributed by atoms with van der Waals surface area (Å²) >= 11 is 0. The second-order valence-electron chi connectivity index (χ2n) is 7.24. The van der Waals surface area contributed by atoms with Gasteiger partial charge in [0.15, 0.2) is 11.6 Å². The Hall–Kier alpha value is -3.21. The molecule has 3 aromatic rings. The SMILES string of the molecule is N#Cc1ccc(Nc2cc(S(=O)(=O)[O-])c(N)c3c2C(=O)c2ccccc2C3=O)cc1C(F)(F)F.[Na+]. The standard InChI is InChI=1S/C22H12F3N3O5S.Na/c23-22(24,25)14-7-11(6-5-10(14)9-26)28-15-8-16(34(31,32)33)19(27)18-17(15)20(29)12-3-1-2-4-13(12)21(18)30;/h1-8,28H,27H2,(H,31,32,33);/q;+1/p-1. The molecule has 0 bridgehead atoms. The van der Waals surface area contributed by atoms with E-state index in [9.17, 15) is 35.7 Å². The van der Waals surface area contributed by atoms with Gasteiger partial charge < -0.3 is 15.6 Å². The number of alkyl halides is 3. The predicted octanol–water partition coefficient (Wildman–Crippen LogP) is 0.586. The number of rotatable bonds is 3. The molecule has 35 heavy (non-hydrogen) atoms. The molecule has 0 unspecified atom stereocenters. The Balaban J connectivity index is 0.00000342. The summed E-state index contributed by atoms with van der Waals surface area (Å²) in [5.41, 5.74) is 1.38. The Morgan fingerprint density at radius 3 is 2.06 bits per heavy atom. The Morgan fingerprint density at radius 2 is 1.54 bits per heavy atom. The van der Waals surface area contributed by atoms with Crippen LogP contribution in [0.1, 0.15) is 43.0 Å². The first-order valence-corrected chi connectivity index (χ1v) is 10.7. The second-order valence-corrected chi connectivity index (χ2v) is 8.59. The average molecular weight is 509 g/mol. The van der Waals surface area contributed by atoms with Gasteiger partial charge in [-0.25, -0.2) is 8.42 Å². The fraction of sp³-hybridized carbons (Fsp3) is 0.0455. The van der Waals surface area contributed by atoms with Crippen LogP contribution in [-0.2, 0) is 16.3 Å². The zero-order valence-corrected chi connectivity index (χ0v) is 20.5. The summed E-state index contributed by atoms with van der Waals surface area (Å²) in [6.45, 7) is 0. The molecule has 0 aromatic heterocycles. The maximum absolute atomic E-state index is 13.4. The molecule has 1 aliphatic rings. The molecule has 0 aliphatic heterocycles. The Labute approximate surface area is 218 Å². The van der Waals surface area contributed by atoms with Crippen molar-refractivity contribution < 1.29 is 65.3 Å². The summed E-state index contributed by atoms with van der Waals surface area (Å²) in [6.07, 6.45) is -4.89. The summed E-state index contributed by atoms with van der Waals surface area (Å²) in [7, 11) is -5.24. The van der Waals surface area contributed by atoms with E-state index in [0.29, 0.717) is 12.1 Å². The predicted molar refractivity (Wildman–Crippen MR) is 112 cm³/mol. The number of nitrogens with two attached hydrogens (primary N) is 1. The van der Waals surface area contributed by atoms with Crippen molar-refractivity contribution in [1.82, 2.24) is 0 Å². The summed E-state index contributed by atoms with van der Waals surface area (Å²) < 4.78 is 75.5. The van der Waals surface area contributed by atoms with E-state index in [1.807, 2.05) is 0 Å². The van der Waals surface area contributed by atoms with Gasteiger partial charge in [0.05, 0.1) is 44.6 Å². The number of nitrogens with zero attached hydrogens (tertiary/aromatic N) is 1. The molecule has 0 saturated carbocycles. The zero-order chi connectivity index (χ0) is 25.0. The first-order chi connectivity index (χ1) is 15.8. The summed E-state index contributed by atoms with van der Waals surface area (Å²) in [4.78, 5) is 25.3. The molecule has 0 atom stereocenters. The first kappa shape index (κ1) is 26.4. The zero-order valence-electron chi connectivity index (χ0n) is 17.7. The van der Waals surface area contributed by atoms with E-state index in [-0.39, 0.29) is 46.4 Å². The number of hydrogen-bond donors (Lipinski definition) is 2. The van der Waals surface area contributed by atoms with Gasteiger partial charge in [-0.05, 0) is 24.3 Å². The number of carbonyl (C=O) groups excluding carboxylic acids is 2. The fourth-order valence-electron chi connectivity index (χ4n) is 3.71. The molecule has 0 spiro atoms. The van der Waals surface area contributed by atoms with Crippen LogP contribution in [0.25, 0.3) is 0 Å². The number of carbonyl (C=O) groups is 2. The van der Waals surface area contributed by atoms with Crippen molar-refractivity contribution in [2.24, 2.45) is 0 Å². The van der Waals surface area contributed by atoms with Gasteiger partial charge in [0.1, 0.15) is 10.1 Å². The second kappa shape index (κ2) is 9.10. The van der Waals surface area contributed by atoms with Crippen molar-refractivity contribution in [2.45, 2.75) is 11.1 Å². The molecule has 1 aliphatic carbocycles. The number of nitrogens with one attached hydrogen (secondary N) is 1. The maximum atomic E-state index is 13.4. The van der Waals surface area contributed by atoms with Crippen LogP contribution in [0.3, 0.4) is 0 Å². The molecule has 13 heteroatoms. The van der Waals surface area contributed by atoms with Crippen LogP contribution in [0.15, 0.2) is 53.4 Å². The molecule has 0 saturated heterocycles. The number of ketones is 2. The number of hydrogen-bond acceptors (Lipinski definition) is 8. The van der Waals surface area contributed by atoms with Crippen molar-refractivity contribution in [1.29, 1.82) is 5.26 Å². The van der Waals surface area contributed by atoms with Gasteiger partial charge in [-0.1, -0.05) is 24.3 Å². The van der Waals surface area contributed by atoms with Gasteiger partial charge in [-0.2, -0.15) is 18.4 Å². The van der Waals surface area contributed by atoms with E-state index in [2.05, 4.69) is 5.32 Å². The largest absolute Gasteiger partial charge is 1.00 e. The van der Waals surface area contributed by atoms with Crippen molar-refractivity contribution in [3.63, 3.8) is 0 Å². The summed E-state index contributed by atoms with van der Waals surface area (Å²) in [5, 5.41) is 11.4. The van der Waals surface area contributed by atoms with Gasteiger partial charge >= 0.3 is 35.7 Å². The van der Waals surface area contributed by atoms with Crippen LogP contribution >= 0.6 is 0 Å². The van der Waals surface area contributed by atoms with Crippen LogP contribution in [-0.4, -0.2) is 24.5 Å². The third-order valence-corrected chi connectivity index (χ3v) is 6.07.